The SMILES string of the molecule is CNc1nc(N)nc2c1ncn2[C@@H]1O[C@H](CO[P@@](=O)(N[C@@H](C)C(=O)OC(C)C)Oc2ccccc2)[C@@H](O)[C@@]1(C)F.CNc1nc(N)nc2c1ncn2[C@@H]1O[C@H](CO[P@@](=O)(N[C@@H](C)C(=O)OC(C)C)Oc2ccccc2)[C@@H](O)[C@@]1(C)F. The molecule has 0 amide bonds. The number of ether oxygens (including phenoxy) is 4. The number of halogens is 2. The number of nitrogen functional groups attached to an aromatic ring is 2. The summed E-state index contributed by atoms with van der Waals surface area (Å²) in [6.45, 7) is 10.7. The van der Waals surface area contributed by atoms with Gasteiger partial charge in [-0.15, -0.1) is 0 Å². The van der Waals surface area contributed by atoms with Crippen LogP contribution in [0.1, 0.15) is 67.8 Å². The Morgan fingerprint density at radius 1 is 0.650 bits per heavy atom. The number of aliphatic hydroxyl groups is 2. The summed E-state index contributed by atoms with van der Waals surface area (Å²) in [6.07, 6.45) is -7.05. The Morgan fingerprint density at radius 2 is 1.00 bits per heavy atom. The van der Waals surface area contributed by atoms with E-state index in [2.05, 4.69) is 50.7 Å². The number of benzene rings is 2. The summed E-state index contributed by atoms with van der Waals surface area (Å²) in [5, 5.41) is 32.5. The number of nitrogens with one attached hydrogen (secondary N) is 4. The highest BCUT2D eigenvalue weighted by molar-refractivity contribution is 7.52. The summed E-state index contributed by atoms with van der Waals surface area (Å²) in [7, 11) is -5.32. The maximum Gasteiger partial charge on any atom is 0.459 e. The van der Waals surface area contributed by atoms with Gasteiger partial charge in [0.25, 0.3) is 0 Å². The Labute approximate surface area is 458 Å². The second kappa shape index (κ2) is 25.0. The van der Waals surface area contributed by atoms with Crippen LogP contribution in [0.4, 0.5) is 32.3 Å². The third-order valence-electron chi connectivity index (χ3n) is 12.2. The maximum atomic E-state index is 16.0. The van der Waals surface area contributed by atoms with Crippen LogP contribution in [0.3, 0.4) is 0 Å². The number of carbonyl (C=O) groups excluding carboxylic acids is 2. The van der Waals surface area contributed by atoms with E-state index in [1.54, 1.807) is 102 Å². The van der Waals surface area contributed by atoms with E-state index in [0.29, 0.717) is 22.7 Å². The zero-order chi connectivity index (χ0) is 58.5. The summed E-state index contributed by atoms with van der Waals surface area (Å²) in [5.74, 6) is -0.486. The zero-order valence-corrected chi connectivity index (χ0v) is 47.1. The number of fused-ring (bicyclic) bond motifs is 2. The molecule has 80 heavy (non-hydrogen) atoms. The Bertz CT molecular complexity index is 2990. The molecule has 28 nitrogen and oxygen atoms in total. The lowest BCUT2D eigenvalue weighted by molar-refractivity contribution is -0.150. The third kappa shape index (κ3) is 13.9. The van der Waals surface area contributed by atoms with Crippen molar-refractivity contribution in [2.75, 3.05) is 49.4 Å². The maximum absolute atomic E-state index is 16.0. The number of carbonyl (C=O) groups is 2. The summed E-state index contributed by atoms with van der Waals surface area (Å²) in [5.41, 5.74) is 7.89. The van der Waals surface area contributed by atoms with E-state index in [0.717, 1.165) is 13.8 Å². The van der Waals surface area contributed by atoms with Gasteiger partial charge in [-0.3, -0.25) is 27.8 Å². The lowest BCUT2D eigenvalue weighted by Crippen LogP contribution is -2.41. The molecule has 436 valence electrons. The van der Waals surface area contributed by atoms with Gasteiger partial charge in [0.05, 0.1) is 38.1 Å². The summed E-state index contributed by atoms with van der Waals surface area (Å²) < 4.78 is 106. The van der Waals surface area contributed by atoms with Crippen LogP contribution in [-0.2, 0) is 46.7 Å². The van der Waals surface area contributed by atoms with Crippen molar-refractivity contribution in [3.8, 4) is 11.5 Å². The van der Waals surface area contributed by atoms with Crippen molar-refractivity contribution in [1.82, 2.24) is 49.2 Å². The Kier molecular flexibility index (Phi) is 19.0. The zero-order valence-electron chi connectivity index (χ0n) is 45.3. The molecule has 0 aliphatic carbocycles. The number of hydrogen-bond donors (Lipinski definition) is 8. The molecule has 2 fully saturated rings. The van der Waals surface area contributed by atoms with E-state index >= 15 is 8.78 Å². The predicted molar refractivity (Wildman–Crippen MR) is 286 cm³/mol. The van der Waals surface area contributed by atoms with Crippen LogP contribution in [-0.4, -0.2) is 149 Å². The molecule has 8 rings (SSSR count). The van der Waals surface area contributed by atoms with Crippen molar-refractivity contribution in [3.05, 3.63) is 73.3 Å². The summed E-state index contributed by atoms with van der Waals surface area (Å²) >= 11 is 0. The van der Waals surface area contributed by atoms with Crippen molar-refractivity contribution >= 4 is 73.3 Å². The average Bonchev–Trinajstić information content (AvgIpc) is 4.23. The Balaban J connectivity index is 0.000000231. The summed E-state index contributed by atoms with van der Waals surface area (Å²) in [6, 6.07) is 14.1. The first-order valence-electron chi connectivity index (χ1n) is 25.0. The number of alkyl halides is 2. The van der Waals surface area contributed by atoms with E-state index in [1.165, 1.54) is 35.6 Å². The highest BCUT2D eigenvalue weighted by atomic mass is 31.2. The molecule has 0 spiro atoms. The molecule has 0 unspecified atom stereocenters. The predicted octanol–water partition coefficient (Wildman–Crippen LogP) is 5.14. The van der Waals surface area contributed by atoms with Gasteiger partial charge in [0.2, 0.25) is 11.9 Å². The molecule has 2 saturated heterocycles. The largest absolute Gasteiger partial charge is 0.462 e. The first-order valence-corrected chi connectivity index (χ1v) is 28.1. The van der Waals surface area contributed by atoms with Gasteiger partial charge in [0.15, 0.2) is 57.8 Å². The number of para-hydroxylation sites is 2. The number of hydrogen-bond acceptors (Lipinski definition) is 24. The number of aliphatic hydroxyl groups excluding tert-OH is 2. The fourth-order valence-corrected chi connectivity index (χ4v) is 11.3. The second-order valence-electron chi connectivity index (χ2n) is 19.3. The molecule has 2 aliphatic heterocycles. The first-order chi connectivity index (χ1) is 37.7. The van der Waals surface area contributed by atoms with Gasteiger partial charge >= 0.3 is 27.4 Å². The Morgan fingerprint density at radius 3 is 1.32 bits per heavy atom. The molecule has 4 aromatic heterocycles. The molecule has 6 aromatic rings. The molecule has 10 N–H and O–H groups in total. The normalized spacial score (nSPS) is 25.1. The topological polar surface area (TPSA) is 370 Å². The Hall–Kier alpha value is -6.72. The van der Waals surface area contributed by atoms with Crippen LogP contribution in [0.15, 0.2) is 73.3 Å². The third-order valence-corrected chi connectivity index (χ3v) is 15.4. The minimum absolute atomic E-state index is 0.0761. The van der Waals surface area contributed by atoms with E-state index in [1.807, 2.05) is 0 Å². The number of esters is 2. The lowest BCUT2D eigenvalue weighted by Gasteiger charge is -2.25. The molecule has 6 heterocycles. The van der Waals surface area contributed by atoms with Gasteiger partial charge in [0.1, 0.15) is 48.0 Å². The minimum atomic E-state index is -4.28. The van der Waals surface area contributed by atoms with Crippen molar-refractivity contribution in [3.63, 3.8) is 0 Å². The van der Waals surface area contributed by atoms with Crippen LogP contribution >= 0.6 is 15.5 Å². The fraction of sp³-hybridized carbons (Fsp3) is 0.500. The highest BCUT2D eigenvalue weighted by Crippen LogP contribution is 2.50. The van der Waals surface area contributed by atoms with Crippen molar-refractivity contribution < 1.29 is 74.8 Å². The second-order valence-corrected chi connectivity index (χ2v) is 22.7. The number of aromatic nitrogens is 8. The van der Waals surface area contributed by atoms with Gasteiger partial charge in [-0.25, -0.2) is 27.9 Å². The molecule has 2 aromatic carbocycles. The van der Waals surface area contributed by atoms with Gasteiger partial charge in [-0.1, -0.05) is 36.4 Å². The standard InChI is InChI=1S/2C24H33FN7O7P/c2*1-13(2)37-21(34)14(3)31-40(35,39-15-9-7-6-8-10-15)36-11-16-18(33)24(4,25)22(38-16)32-12-28-17-19(27-5)29-23(26)30-20(17)32/h2*6-10,12-14,16,18,22,33H,11H2,1-5H3,(H,31,35)(H3,26,27,29,30)/t2*14-,16+,18+,22+,24+,40-/m00/s1. The van der Waals surface area contributed by atoms with Gasteiger partial charge in [-0.2, -0.15) is 30.1 Å². The monoisotopic (exact) mass is 1160 g/mol. The molecule has 12 atom stereocenters. The number of anilines is 4. The summed E-state index contributed by atoms with van der Waals surface area (Å²) in [4.78, 5) is 49.6. The minimum Gasteiger partial charge on any atom is -0.462 e. The molecule has 0 saturated carbocycles. The number of nitrogens with two attached hydrogens (primary N) is 2. The molecular weight excluding hydrogens is 1100 g/mol. The number of rotatable bonds is 22. The van der Waals surface area contributed by atoms with E-state index in [4.69, 9.17) is 48.5 Å². The average molecular weight is 1160 g/mol. The molecular formula is C48H66F2N14O14P2. The van der Waals surface area contributed by atoms with Gasteiger partial charge in [-0.05, 0) is 79.7 Å². The molecule has 0 radical (unpaired) electrons. The van der Waals surface area contributed by atoms with Crippen molar-refractivity contribution in [2.24, 2.45) is 0 Å². The smallest absolute Gasteiger partial charge is 0.459 e. The fourth-order valence-electron chi connectivity index (χ4n) is 8.27. The van der Waals surface area contributed by atoms with Crippen LogP contribution in [0.25, 0.3) is 22.3 Å². The lowest BCUT2D eigenvalue weighted by atomic mass is 9.98. The van der Waals surface area contributed by atoms with Crippen molar-refractivity contribution in [1.29, 1.82) is 0 Å². The first kappa shape index (κ1) is 60.9. The van der Waals surface area contributed by atoms with E-state index in [-0.39, 0.29) is 34.7 Å². The van der Waals surface area contributed by atoms with Crippen LogP contribution < -0.4 is 41.3 Å². The van der Waals surface area contributed by atoms with E-state index in [9.17, 15) is 28.9 Å². The van der Waals surface area contributed by atoms with Gasteiger partial charge < -0.3 is 60.3 Å². The number of nitrogens with zero attached hydrogens (tertiary/aromatic N) is 8. The van der Waals surface area contributed by atoms with E-state index < -0.39 is 113 Å². The number of imidazole rings is 2. The van der Waals surface area contributed by atoms with Crippen LogP contribution in [0, 0.1) is 0 Å². The molecule has 2 aliphatic rings. The highest BCUT2D eigenvalue weighted by Gasteiger charge is 2.57. The van der Waals surface area contributed by atoms with Crippen LogP contribution in [0.5, 0.6) is 11.5 Å². The van der Waals surface area contributed by atoms with Gasteiger partial charge in [0, 0.05) is 14.1 Å². The van der Waals surface area contributed by atoms with Crippen molar-refractivity contribution in [2.45, 2.75) is 128 Å². The quantitative estimate of drug-likeness (QED) is 0.0322. The molecule has 0 bridgehead atoms. The molecule has 32 heteroatoms. The van der Waals surface area contributed by atoms with Crippen LogP contribution in [0.2, 0.25) is 0 Å².